The van der Waals surface area contributed by atoms with Gasteiger partial charge in [0.05, 0.1) is 11.9 Å². The predicted molar refractivity (Wildman–Crippen MR) is 96.4 cm³/mol. The van der Waals surface area contributed by atoms with E-state index in [4.69, 9.17) is 0 Å². The number of rotatable bonds is 4. The van der Waals surface area contributed by atoms with Crippen molar-refractivity contribution >= 4 is 11.6 Å². The molecule has 1 N–H and O–H groups in total. The summed E-state index contributed by atoms with van der Waals surface area (Å²) in [5, 5.41) is 6.89. The van der Waals surface area contributed by atoms with Crippen LogP contribution in [-0.4, -0.2) is 25.1 Å². The Morgan fingerprint density at radius 3 is 2.52 bits per heavy atom. The summed E-state index contributed by atoms with van der Waals surface area (Å²) in [6, 6.07) is 7.90. The Morgan fingerprint density at radius 2 is 1.84 bits per heavy atom. The molecule has 0 bridgehead atoms. The molecule has 7 heteroatoms. The molecule has 0 aliphatic rings. The standard InChI is InChI=1S/C16H17N5O2.C2H6/c1-11-3-5-13(6-4-11)7-18-15(22)10-21-16(23)20-9-12(2)17-8-14(20)19-21;1-2/h3-6,8-9H,7,10H2,1-2H3,(H,18,22);1-2H3. The lowest BCUT2D eigenvalue weighted by Gasteiger charge is -2.05. The van der Waals surface area contributed by atoms with E-state index in [1.165, 1.54) is 16.2 Å². The van der Waals surface area contributed by atoms with Crippen molar-refractivity contribution in [2.75, 3.05) is 0 Å². The lowest BCUT2D eigenvalue weighted by atomic mass is 10.1. The molecule has 0 atom stereocenters. The highest BCUT2D eigenvalue weighted by Crippen LogP contribution is 2.02. The molecular weight excluding hydrogens is 318 g/mol. The fourth-order valence-electron chi connectivity index (χ4n) is 2.23. The van der Waals surface area contributed by atoms with E-state index in [9.17, 15) is 9.59 Å². The van der Waals surface area contributed by atoms with E-state index in [0.29, 0.717) is 17.9 Å². The minimum atomic E-state index is -0.351. The number of hydrogen-bond donors (Lipinski definition) is 1. The molecule has 3 aromatic rings. The first kappa shape index (κ1) is 18.4. The summed E-state index contributed by atoms with van der Waals surface area (Å²) >= 11 is 0. The van der Waals surface area contributed by atoms with E-state index in [-0.39, 0.29) is 18.1 Å². The Bertz CT molecular complexity index is 909. The molecule has 25 heavy (non-hydrogen) atoms. The Balaban J connectivity index is 0.00000109. The van der Waals surface area contributed by atoms with E-state index in [1.807, 2.05) is 45.0 Å². The van der Waals surface area contributed by atoms with Crippen molar-refractivity contribution in [2.24, 2.45) is 0 Å². The van der Waals surface area contributed by atoms with Gasteiger partial charge in [0.1, 0.15) is 6.54 Å². The minimum Gasteiger partial charge on any atom is -0.350 e. The number of amides is 1. The van der Waals surface area contributed by atoms with Crippen molar-refractivity contribution in [3.05, 3.63) is 64.0 Å². The largest absolute Gasteiger partial charge is 0.350 e. The number of benzene rings is 1. The highest BCUT2D eigenvalue weighted by atomic mass is 16.2. The Morgan fingerprint density at radius 1 is 1.16 bits per heavy atom. The molecule has 132 valence electrons. The molecule has 1 aromatic carbocycles. The van der Waals surface area contributed by atoms with Crippen molar-refractivity contribution in [2.45, 2.75) is 40.8 Å². The van der Waals surface area contributed by atoms with Gasteiger partial charge in [0.25, 0.3) is 0 Å². The molecule has 0 unspecified atom stereocenters. The normalized spacial score (nSPS) is 10.2. The second-order valence-corrected chi connectivity index (χ2v) is 5.46. The molecule has 0 fully saturated rings. The van der Waals surface area contributed by atoms with Crippen LogP contribution >= 0.6 is 0 Å². The van der Waals surface area contributed by atoms with Gasteiger partial charge in [0.15, 0.2) is 5.65 Å². The van der Waals surface area contributed by atoms with Gasteiger partial charge in [0, 0.05) is 12.7 Å². The van der Waals surface area contributed by atoms with Crippen molar-refractivity contribution in [1.29, 1.82) is 0 Å². The molecule has 0 aliphatic carbocycles. The molecule has 0 radical (unpaired) electrons. The number of hydrogen-bond acceptors (Lipinski definition) is 4. The summed E-state index contributed by atoms with van der Waals surface area (Å²) in [6.45, 7) is 8.10. The Hall–Kier alpha value is -2.96. The van der Waals surface area contributed by atoms with Crippen LogP contribution in [-0.2, 0) is 17.9 Å². The zero-order valence-corrected chi connectivity index (χ0v) is 15.0. The fraction of sp³-hybridized carbons (Fsp3) is 0.333. The molecule has 2 aromatic heterocycles. The van der Waals surface area contributed by atoms with Gasteiger partial charge in [-0.3, -0.25) is 9.78 Å². The van der Waals surface area contributed by atoms with Gasteiger partial charge in [-0.05, 0) is 19.4 Å². The van der Waals surface area contributed by atoms with Crippen LogP contribution in [0.25, 0.3) is 5.65 Å². The maximum Gasteiger partial charge on any atom is 0.350 e. The Labute approximate surface area is 146 Å². The zero-order chi connectivity index (χ0) is 18.4. The highest BCUT2D eigenvalue weighted by Gasteiger charge is 2.11. The lowest BCUT2D eigenvalue weighted by molar-refractivity contribution is -0.122. The van der Waals surface area contributed by atoms with Crippen molar-refractivity contribution < 1.29 is 4.79 Å². The van der Waals surface area contributed by atoms with Crippen LogP contribution in [0.1, 0.15) is 30.7 Å². The second-order valence-electron chi connectivity index (χ2n) is 5.46. The number of nitrogens with one attached hydrogen (secondary N) is 1. The molecule has 0 aliphatic heterocycles. The van der Waals surface area contributed by atoms with Gasteiger partial charge >= 0.3 is 5.69 Å². The van der Waals surface area contributed by atoms with E-state index in [1.54, 1.807) is 13.1 Å². The fourth-order valence-corrected chi connectivity index (χ4v) is 2.23. The second kappa shape index (κ2) is 8.23. The molecule has 3 rings (SSSR count). The average Bonchev–Trinajstić information content (AvgIpc) is 2.92. The van der Waals surface area contributed by atoms with Crippen LogP contribution < -0.4 is 11.0 Å². The number of carbonyl (C=O) groups is 1. The summed E-state index contributed by atoms with van der Waals surface area (Å²) in [5.41, 5.74) is 2.96. The van der Waals surface area contributed by atoms with Crippen LogP contribution in [0.5, 0.6) is 0 Å². The first-order valence-electron chi connectivity index (χ1n) is 8.27. The van der Waals surface area contributed by atoms with Crippen molar-refractivity contribution in [3.63, 3.8) is 0 Å². The quantitative estimate of drug-likeness (QED) is 0.785. The number of aromatic nitrogens is 4. The SMILES string of the molecule is CC.Cc1ccc(CNC(=O)Cn2nc3cnc(C)cn3c2=O)cc1. The third-order valence-electron chi connectivity index (χ3n) is 3.50. The molecule has 0 saturated heterocycles. The lowest BCUT2D eigenvalue weighted by Crippen LogP contribution is -2.32. The van der Waals surface area contributed by atoms with Gasteiger partial charge in [-0.15, -0.1) is 5.10 Å². The van der Waals surface area contributed by atoms with E-state index in [2.05, 4.69) is 15.4 Å². The van der Waals surface area contributed by atoms with Crippen LogP contribution in [0, 0.1) is 13.8 Å². The highest BCUT2D eigenvalue weighted by molar-refractivity contribution is 5.75. The maximum absolute atomic E-state index is 12.2. The van der Waals surface area contributed by atoms with Gasteiger partial charge in [-0.1, -0.05) is 43.7 Å². The molecule has 7 nitrogen and oxygen atoms in total. The Kier molecular flexibility index (Phi) is 6.05. The first-order chi connectivity index (χ1) is 12.0. The number of carbonyl (C=O) groups excluding carboxylic acids is 1. The van der Waals surface area contributed by atoms with Crippen molar-refractivity contribution in [1.82, 2.24) is 24.5 Å². The van der Waals surface area contributed by atoms with Crippen LogP contribution in [0.15, 0.2) is 41.5 Å². The van der Waals surface area contributed by atoms with Gasteiger partial charge in [0.2, 0.25) is 5.91 Å². The van der Waals surface area contributed by atoms with Crippen LogP contribution in [0.4, 0.5) is 0 Å². The average molecular weight is 341 g/mol. The van der Waals surface area contributed by atoms with Gasteiger partial charge in [-0.2, -0.15) is 0 Å². The van der Waals surface area contributed by atoms with Crippen LogP contribution in [0.2, 0.25) is 0 Å². The summed E-state index contributed by atoms with van der Waals surface area (Å²) in [4.78, 5) is 28.3. The van der Waals surface area contributed by atoms with E-state index < -0.39 is 0 Å². The van der Waals surface area contributed by atoms with Gasteiger partial charge < -0.3 is 5.32 Å². The third-order valence-corrected chi connectivity index (χ3v) is 3.50. The van der Waals surface area contributed by atoms with E-state index >= 15 is 0 Å². The van der Waals surface area contributed by atoms with Crippen molar-refractivity contribution in [3.8, 4) is 0 Å². The maximum atomic E-state index is 12.2. The summed E-state index contributed by atoms with van der Waals surface area (Å²) in [5.74, 6) is -0.263. The summed E-state index contributed by atoms with van der Waals surface area (Å²) < 4.78 is 2.52. The first-order valence-corrected chi connectivity index (χ1v) is 8.27. The molecule has 1 amide bonds. The minimum absolute atomic E-state index is 0.120. The predicted octanol–water partition coefficient (Wildman–Crippen LogP) is 1.85. The topological polar surface area (TPSA) is 81.3 Å². The van der Waals surface area contributed by atoms with E-state index in [0.717, 1.165) is 10.2 Å². The monoisotopic (exact) mass is 341 g/mol. The third kappa shape index (κ3) is 4.53. The summed E-state index contributed by atoms with van der Waals surface area (Å²) in [6.07, 6.45) is 3.11. The van der Waals surface area contributed by atoms with Gasteiger partial charge in [-0.25, -0.2) is 13.9 Å². The molecule has 2 heterocycles. The summed E-state index contributed by atoms with van der Waals surface area (Å²) in [7, 11) is 0. The number of nitrogens with zero attached hydrogens (tertiary/aromatic N) is 4. The number of fused-ring (bicyclic) bond motifs is 1. The number of aryl methyl sites for hydroxylation is 2. The molecular formula is C18H23N5O2. The molecule has 0 saturated carbocycles. The zero-order valence-electron chi connectivity index (χ0n) is 15.0. The molecule has 0 spiro atoms. The van der Waals surface area contributed by atoms with Crippen LogP contribution in [0.3, 0.4) is 0 Å². The smallest absolute Gasteiger partial charge is 0.350 e.